The first-order valence-electron chi connectivity index (χ1n) is 5.60. The van der Waals surface area contributed by atoms with Gasteiger partial charge in [0.25, 0.3) is 0 Å². The zero-order valence-corrected chi connectivity index (χ0v) is 15.9. The fraction of sp³-hybridized carbons (Fsp3) is 0.200. The van der Waals surface area contributed by atoms with Crippen molar-refractivity contribution in [1.82, 2.24) is 9.97 Å². The predicted molar refractivity (Wildman–Crippen MR) is 88.9 cm³/mol. The molecule has 0 aliphatic carbocycles. The van der Waals surface area contributed by atoms with Crippen molar-refractivity contribution < 1.29 is 19.2 Å². The topological polar surface area (TPSA) is 146 Å². The van der Waals surface area contributed by atoms with E-state index in [2.05, 4.69) is 19.9 Å². The van der Waals surface area contributed by atoms with Crippen LogP contribution in [0.4, 0.5) is 11.9 Å². The van der Waals surface area contributed by atoms with Gasteiger partial charge in [0.1, 0.15) is 0 Å². The molecule has 0 bridgehead atoms. The third-order valence-corrected chi connectivity index (χ3v) is 1.87. The molecule has 13 heteroatoms. The zero-order chi connectivity index (χ0) is 18.2. The maximum atomic E-state index is 10.6. The van der Waals surface area contributed by atoms with E-state index in [1.54, 1.807) is 13.8 Å². The molecular weight excluding hydrogens is 442 g/mol. The second-order valence-electron chi connectivity index (χ2n) is 3.97. The van der Waals surface area contributed by atoms with E-state index >= 15 is 0 Å². The molecule has 0 amide bonds. The molecule has 0 aromatic carbocycles. The van der Waals surface area contributed by atoms with Crippen molar-refractivity contribution in [2.75, 3.05) is 11.5 Å². The van der Waals surface area contributed by atoms with Crippen LogP contribution in [0, 0.1) is 13.8 Å². The molecule has 0 fully saturated rings. The Morgan fingerprint density at radius 1 is 0.870 bits per heavy atom. The first kappa shape index (κ1) is 22.0. The van der Waals surface area contributed by atoms with Gasteiger partial charge in [-0.3, -0.25) is 21.1 Å². The normalized spacial score (nSPS) is 10.7. The number of nitrogens with one attached hydrogen (secondary N) is 4. The van der Waals surface area contributed by atoms with Crippen LogP contribution in [-0.4, -0.2) is 9.97 Å². The van der Waals surface area contributed by atoms with Gasteiger partial charge < -0.3 is 0 Å². The van der Waals surface area contributed by atoms with Crippen LogP contribution in [0.2, 0.25) is 0 Å². The average molecular weight is 458 g/mol. The van der Waals surface area contributed by atoms with Crippen LogP contribution in [0.5, 0.6) is 0 Å². The molecule has 0 saturated heterocycles. The van der Waals surface area contributed by atoms with E-state index in [0.29, 0.717) is 11.9 Å². The predicted octanol–water partition coefficient (Wildman–Crippen LogP) is 0.915. The minimum atomic E-state index is -2.24. The Hall–Kier alpha value is -0.961. The molecule has 0 atom stereocenters. The van der Waals surface area contributed by atoms with Crippen molar-refractivity contribution in [3.05, 3.63) is 44.2 Å². The van der Waals surface area contributed by atoms with Crippen molar-refractivity contribution >= 4 is 52.3 Å². The molecular formula is C10H16Cl4CuN6O2. The number of nitrogens with two attached hydrogens (primary N) is 2. The Balaban J connectivity index is 0.000000332. The van der Waals surface area contributed by atoms with Gasteiger partial charge in [0, 0.05) is 0 Å². The molecule has 8 nitrogen and oxygen atoms in total. The number of nitrogen functional groups attached to an aromatic ring is 2. The zero-order valence-electron chi connectivity index (χ0n) is 11.9. The van der Waals surface area contributed by atoms with E-state index in [9.17, 15) is 9.59 Å². The van der Waals surface area contributed by atoms with Gasteiger partial charge in [-0.15, -0.1) is 0 Å². The Morgan fingerprint density at radius 3 is 1.30 bits per heavy atom. The number of aryl methyl sites for hydroxylation is 2. The third-order valence-electron chi connectivity index (χ3n) is 1.87. The fourth-order valence-electron chi connectivity index (χ4n) is 1.29. The fourth-order valence-corrected chi connectivity index (χ4v) is 1.29. The van der Waals surface area contributed by atoms with Gasteiger partial charge in [-0.2, -0.15) is 0 Å². The van der Waals surface area contributed by atoms with Crippen molar-refractivity contribution in [2.45, 2.75) is 13.8 Å². The molecule has 137 valence electrons. The molecule has 0 saturated carbocycles. The minimum absolute atomic E-state index is 0.177. The number of anilines is 2. The van der Waals surface area contributed by atoms with Gasteiger partial charge in [0.15, 0.2) is 0 Å². The Kier molecular flexibility index (Phi) is 9.60. The SMILES string of the molecule is Cc1cc(=O)[nH]c(N)[nH+]1.Cc1cc(=O)[nH]c(N)[nH+]1.[Cl][Cu-2]([Cl])([Cl])[Cl]. The van der Waals surface area contributed by atoms with Crippen LogP contribution in [0.15, 0.2) is 21.7 Å². The molecule has 0 unspecified atom stereocenters. The summed E-state index contributed by atoms with van der Waals surface area (Å²) in [5, 5.41) is 0. The second-order valence-corrected chi connectivity index (χ2v) is 13.3. The summed E-state index contributed by atoms with van der Waals surface area (Å²) in [5.41, 5.74) is 11.7. The van der Waals surface area contributed by atoms with E-state index in [-0.39, 0.29) is 11.1 Å². The monoisotopic (exact) mass is 455 g/mol. The molecule has 0 aliphatic rings. The summed E-state index contributed by atoms with van der Waals surface area (Å²) < 4.78 is 0. The standard InChI is InChI=1S/2C5H7N3O.4ClH.Cu/c2*1-3-2-4(9)8-5(6)7-3;;;;;/h2*2H,1H3,(H3,6,7,8,9);4*1H;/q;;;;;;+2/p-2. The summed E-state index contributed by atoms with van der Waals surface area (Å²) in [6, 6.07) is 2.88. The number of halogens is 4. The summed E-state index contributed by atoms with van der Waals surface area (Å²) in [6.45, 7) is 3.54. The van der Waals surface area contributed by atoms with Crippen LogP contribution >= 0.6 is 40.4 Å². The molecule has 0 aliphatic heterocycles. The van der Waals surface area contributed by atoms with Gasteiger partial charge >= 0.3 is 72.6 Å². The number of aromatic amines is 4. The van der Waals surface area contributed by atoms with Crippen LogP contribution < -0.4 is 32.6 Å². The molecule has 2 aromatic rings. The number of aromatic nitrogens is 4. The summed E-state index contributed by atoms with van der Waals surface area (Å²) in [4.78, 5) is 31.3. The Morgan fingerprint density at radius 2 is 1.13 bits per heavy atom. The molecule has 0 radical (unpaired) electrons. The quantitative estimate of drug-likeness (QED) is 0.436. The summed E-state index contributed by atoms with van der Waals surface area (Å²) in [6.07, 6.45) is 0. The summed E-state index contributed by atoms with van der Waals surface area (Å²) in [7, 11) is 17.4. The second kappa shape index (κ2) is 10.0. The van der Waals surface area contributed by atoms with E-state index in [4.69, 9.17) is 51.9 Å². The molecule has 8 N–H and O–H groups in total. The number of rotatable bonds is 0. The van der Waals surface area contributed by atoms with Crippen molar-refractivity contribution in [2.24, 2.45) is 0 Å². The molecule has 2 heterocycles. The van der Waals surface area contributed by atoms with E-state index < -0.39 is 9.20 Å². The van der Waals surface area contributed by atoms with Crippen LogP contribution in [0.3, 0.4) is 0 Å². The van der Waals surface area contributed by atoms with E-state index in [1.807, 2.05) is 0 Å². The van der Waals surface area contributed by atoms with Gasteiger partial charge in [-0.05, 0) is 13.8 Å². The van der Waals surface area contributed by atoms with E-state index in [0.717, 1.165) is 11.4 Å². The number of hydrogen-bond donors (Lipinski definition) is 4. The molecule has 0 spiro atoms. The first-order valence-corrected chi connectivity index (χ1v) is 10.8. The average Bonchev–Trinajstić information content (AvgIpc) is 2.22. The number of hydrogen-bond acceptors (Lipinski definition) is 4. The third kappa shape index (κ3) is 14.4. The van der Waals surface area contributed by atoms with Crippen molar-refractivity contribution in [3.8, 4) is 0 Å². The van der Waals surface area contributed by atoms with Gasteiger partial charge in [0.2, 0.25) is 0 Å². The van der Waals surface area contributed by atoms with Crippen LogP contribution in [0.1, 0.15) is 11.4 Å². The van der Waals surface area contributed by atoms with Gasteiger partial charge in [0.05, 0.1) is 23.5 Å². The summed E-state index contributed by atoms with van der Waals surface area (Å²) in [5.74, 6) is 0.583. The molecule has 2 aromatic heterocycles. The maximum absolute atomic E-state index is 10.6. The molecule has 23 heavy (non-hydrogen) atoms. The van der Waals surface area contributed by atoms with Crippen LogP contribution in [0.25, 0.3) is 0 Å². The van der Waals surface area contributed by atoms with Crippen molar-refractivity contribution in [1.29, 1.82) is 0 Å². The Labute approximate surface area is 150 Å². The molecule has 2 rings (SSSR count). The first-order chi connectivity index (χ1) is 10.4. The Bertz CT molecular complexity index is 635. The van der Waals surface area contributed by atoms with E-state index in [1.165, 1.54) is 12.1 Å². The van der Waals surface area contributed by atoms with Gasteiger partial charge in [-0.1, -0.05) is 0 Å². The summed E-state index contributed by atoms with van der Waals surface area (Å²) >= 11 is 0. The van der Waals surface area contributed by atoms with Crippen LogP contribution in [-0.2, 0) is 9.20 Å². The number of H-pyrrole nitrogens is 4. The van der Waals surface area contributed by atoms with Gasteiger partial charge in [-0.25, -0.2) is 19.9 Å². The van der Waals surface area contributed by atoms with Crippen molar-refractivity contribution in [3.63, 3.8) is 0 Å².